The number of hydrogen-bond donors (Lipinski definition) is 1. The fourth-order valence-electron chi connectivity index (χ4n) is 3.68. The molecule has 12 nitrogen and oxygen atoms in total. The van der Waals surface area contributed by atoms with E-state index in [1.807, 2.05) is 6.92 Å². The summed E-state index contributed by atoms with van der Waals surface area (Å²) in [6, 6.07) is 11.1. The molecule has 2 amide bonds. The third-order valence-electron chi connectivity index (χ3n) is 5.75. The molecule has 0 saturated heterocycles. The van der Waals surface area contributed by atoms with Crippen molar-refractivity contribution in [3.05, 3.63) is 53.6 Å². The van der Waals surface area contributed by atoms with Gasteiger partial charge in [0.2, 0.25) is 5.91 Å². The SMILES string of the molecule is CCC1CC(=O)N(Cc2ccc(NC(=O)C(=O)OC)cc2)N=C1c1ccc(OC(F)F)c(OC)c1.COC(=O)C(=O)Cl. The Bertz CT molecular complexity index is 1340. The van der Waals surface area contributed by atoms with Crippen molar-refractivity contribution in [1.82, 2.24) is 5.01 Å². The van der Waals surface area contributed by atoms with Crippen molar-refractivity contribution in [2.75, 3.05) is 26.6 Å². The maximum Gasteiger partial charge on any atom is 0.396 e. The standard InChI is InChI=1S/C24H25F2N3O6.C3H3ClO3/c1-4-15-12-20(30)29(13-14-5-8-17(9-6-14)27-22(31)23(32)34-3)28-21(15)16-7-10-18(35-24(25)26)19(11-16)33-2;1-7-3(6)2(4)5/h5-11,15,24H,4,12-13H2,1-3H3,(H,27,31);1H3. The molecule has 0 fully saturated rings. The smallest absolute Gasteiger partial charge is 0.396 e. The first-order chi connectivity index (χ1) is 19.9. The summed E-state index contributed by atoms with van der Waals surface area (Å²) in [5.74, 6) is -3.20. The van der Waals surface area contributed by atoms with Crippen LogP contribution < -0.4 is 14.8 Å². The Balaban J connectivity index is 0.000000782. The average Bonchev–Trinajstić information content (AvgIpc) is 2.98. The van der Waals surface area contributed by atoms with Gasteiger partial charge in [-0.1, -0.05) is 19.1 Å². The molecule has 0 aliphatic carbocycles. The highest BCUT2D eigenvalue weighted by molar-refractivity contribution is 6.80. The Hall–Kier alpha value is -4.59. The quantitative estimate of drug-likeness (QED) is 0.255. The van der Waals surface area contributed by atoms with E-state index in [1.165, 1.54) is 18.2 Å². The summed E-state index contributed by atoms with van der Waals surface area (Å²) in [6.07, 6.45) is 0.894. The monoisotopic (exact) mass is 611 g/mol. The number of rotatable bonds is 9. The van der Waals surface area contributed by atoms with E-state index in [2.05, 4.69) is 36.2 Å². The lowest BCUT2D eigenvalue weighted by molar-refractivity contribution is -0.150. The summed E-state index contributed by atoms with van der Waals surface area (Å²) in [4.78, 5) is 55.1. The lowest BCUT2D eigenvalue weighted by Crippen LogP contribution is -2.36. The van der Waals surface area contributed by atoms with Crippen LogP contribution in [0.1, 0.15) is 30.9 Å². The van der Waals surface area contributed by atoms with Gasteiger partial charge in [-0.15, -0.1) is 0 Å². The van der Waals surface area contributed by atoms with Gasteiger partial charge in [0.15, 0.2) is 11.5 Å². The zero-order valence-electron chi connectivity index (χ0n) is 23.0. The maximum atomic E-state index is 12.7. The predicted octanol–water partition coefficient (Wildman–Crippen LogP) is 3.50. The lowest BCUT2D eigenvalue weighted by Gasteiger charge is -2.29. The Morgan fingerprint density at radius 1 is 1.02 bits per heavy atom. The first-order valence-electron chi connectivity index (χ1n) is 12.2. The van der Waals surface area contributed by atoms with Crippen molar-refractivity contribution < 1.29 is 51.7 Å². The number of alkyl halides is 2. The molecular weight excluding hydrogens is 584 g/mol. The van der Waals surface area contributed by atoms with Crippen molar-refractivity contribution in [3.63, 3.8) is 0 Å². The van der Waals surface area contributed by atoms with Crippen molar-refractivity contribution >= 4 is 52.0 Å². The highest BCUT2D eigenvalue weighted by atomic mass is 35.5. The molecule has 15 heteroatoms. The van der Waals surface area contributed by atoms with Crippen LogP contribution in [0.25, 0.3) is 0 Å². The van der Waals surface area contributed by atoms with Crippen molar-refractivity contribution in [2.24, 2.45) is 11.0 Å². The minimum Gasteiger partial charge on any atom is -0.493 e. The van der Waals surface area contributed by atoms with Gasteiger partial charge in [0.25, 0.3) is 0 Å². The molecule has 1 unspecified atom stereocenters. The molecule has 0 aromatic heterocycles. The van der Waals surface area contributed by atoms with Crippen LogP contribution in [0.2, 0.25) is 0 Å². The molecule has 0 bridgehead atoms. The number of nitrogens with zero attached hydrogens (tertiary/aromatic N) is 2. The van der Waals surface area contributed by atoms with Crippen molar-refractivity contribution in [1.29, 1.82) is 0 Å². The van der Waals surface area contributed by atoms with Gasteiger partial charge >= 0.3 is 29.7 Å². The molecule has 0 saturated carbocycles. The highest BCUT2D eigenvalue weighted by Gasteiger charge is 2.30. The predicted molar refractivity (Wildman–Crippen MR) is 145 cm³/mol. The number of benzene rings is 2. The largest absolute Gasteiger partial charge is 0.493 e. The summed E-state index contributed by atoms with van der Waals surface area (Å²) in [5, 5.41) is 7.24. The third kappa shape index (κ3) is 9.51. The van der Waals surface area contributed by atoms with E-state index in [0.717, 1.165) is 19.8 Å². The molecule has 1 atom stereocenters. The van der Waals surface area contributed by atoms with Gasteiger partial charge in [-0.05, 0) is 53.9 Å². The minimum absolute atomic E-state index is 0.0944. The average molecular weight is 612 g/mol. The molecule has 1 heterocycles. The van der Waals surface area contributed by atoms with E-state index < -0.39 is 29.7 Å². The molecule has 0 radical (unpaired) electrons. The van der Waals surface area contributed by atoms with Crippen LogP contribution in [0.5, 0.6) is 11.5 Å². The molecule has 1 N–H and O–H groups in total. The van der Waals surface area contributed by atoms with Crippen LogP contribution >= 0.6 is 11.6 Å². The number of ether oxygens (including phenoxy) is 4. The van der Waals surface area contributed by atoms with E-state index in [4.69, 9.17) is 4.74 Å². The van der Waals surface area contributed by atoms with Gasteiger partial charge in [-0.2, -0.15) is 13.9 Å². The Kier molecular flexibility index (Phi) is 12.8. The zero-order valence-corrected chi connectivity index (χ0v) is 23.8. The Morgan fingerprint density at radius 3 is 2.17 bits per heavy atom. The summed E-state index contributed by atoms with van der Waals surface area (Å²) in [7, 11) is 3.55. The van der Waals surface area contributed by atoms with Gasteiger partial charge in [-0.3, -0.25) is 14.4 Å². The van der Waals surface area contributed by atoms with E-state index in [0.29, 0.717) is 23.4 Å². The molecule has 0 spiro atoms. The second-order valence-corrected chi connectivity index (χ2v) is 8.74. The number of nitrogens with one attached hydrogen (secondary N) is 1. The molecule has 42 heavy (non-hydrogen) atoms. The second-order valence-electron chi connectivity index (χ2n) is 8.40. The van der Waals surface area contributed by atoms with Crippen LogP contribution in [0.15, 0.2) is 47.6 Å². The van der Waals surface area contributed by atoms with Crippen molar-refractivity contribution in [2.45, 2.75) is 32.9 Å². The number of esters is 2. The van der Waals surface area contributed by atoms with Gasteiger partial charge in [0.05, 0.1) is 33.6 Å². The molecule has 2 aromatic rings. The number of carbonyl (C=O) groups excluding carboxylic acids is 5. The number of hydrazone groups is 1. The summed E-state index contributed by atoms with van der Waals surface area (Å²) in [6.45, 7) is -0.873. The second kappa shape index (κ2) is 16.0. The van der Waals surface area contributed by atoms with Crippen LogP contribution in [-0.4, -0.2) is 67.7 Å². The number of hydrogen-bond acceptors (Lipinski definition) is 10. The van der Waals surface area contributed by atoms with Crippen molar-refractivity contribution in [3.8, 4) is 11.5 Å². The fourth-order valence-corrected chi connectivity index (χ4v) is 3.75. The van der Waals surface area contributed by atoms with E-state index >= 15 is 0 Å². The van der Waals surface area contributed by atoms with Crippen LogP contribution in [-0.2, 0) is 40.0 Å². The maximum absolute atomic E-state index is 12.7. The third-order valence-corrected chi connectivity index (χ3v) is 5.91. The van der Waals surface area contributed by atoms with E-state index in [1.54, 1.807) is 36.4 Å². The van der Waals surface area contributed by atoms with Gasteiger partial charge < -0.3 is 24.3 Å². The summed E-state index contributed by atoms with van der Waals surface area (Å²) in [5.41, 5.74) is 2.40. The highest BCUT2D eigenvalue weighted by Crippen LogP contribution is 2.33. The van der Waals surface area contributed by atoms with Gasteiger partial charge in [0, 0.05) is 23.6 Å². The van der Waals surface area contributed by atoms with Gasteiger partial charge in [0.1, 0.15) is 0 Å². The number of amides is 2. The van der Waals surface area contributed by atoms with Crippen LogP contribution in [0.4, 0.5) is 14.5 Å². The molecule has 1 aliphatic rings. The normalized spacial score (nSPS) is 14.2. The summed E-state index contributed by atoms with van der Waals surface area (Å²) >= 11 is 4.61. The van der Waals surface area contributed by atoms with Crippen LogP contribution in [0.3, 0.4) is 0 Å². The number of methoxy groups -OCH3 is 3. The van der Waals surface area contributed by atoms with Crippen LogP contribution in [0, 0.1) is 5.92 Å². The first kappa shape index (κ1) is 33.6. The Morgan fingerprint density at radius 2 is 1.67 bits per heavy atom. The zero-order chi connectivity index (χ0) is 31.4. The number of anilines is 1. The van der Waals surface area contributed by atoms with E-state index in [9.17, 15) is 32.8 Å². The molecule has 1 aliphatic heterocycles. The lowest BCUT2D eigenvalue weighted by atomic mass is 9.89. The molecule has 2 aromatic carbocycles. The minimum atomic E-state index is -2.99. The summed E-state index contributed by atoms with van der Waals surface area (Å²) < 4.78 is 43.3. The fraction of sp³-hybridized carbons (Fsp3) is 0.333. The molecule has 3 rings (SSSR count). The first-order valence-corrected chi connectivity index (χ1v) is 12.6. The van der Waals surface area contributed by atoms with Gasteiger partial charge in [-0.25, -0.2) is 14.6 Å². The number of halogens is 3. The Labute approximate surface area is 244 Å². The number of carbonyl (C=O) groups is 5. The van der Waals surface area contributed by atoms with E-state index in [-0.39, 0.29) is 36.3 Å². The molecule has 226 valence electrons. The molecular formula is C27H28ClF2N3O9. The topological polar surface area (TPSA) is 150 Å².